The lowest BCUT2D eigenvalue weighted by atomic mass is 9.25. The van der Waals surface area contributed by atoms with Crippen molar-refractivity contribution in [3.63, 3.8) is 0 Å². The van der Waals surface area contributed by atoms with E-state index in [1.807, 2.05) is 6.82 Å². The minimum absolute atomic E-state index is 0.0448. The van der Waals surface area contributed by atoms with Gasteiger partial charge in [0.15, 0.2) is 0 Å². The number of fused-ring (bicyclic) bond motifs is 7. The Labute approximate surface area is 296 Å². The quantitative estimate of drug-likeness (QED) is 0.195. The molecular weight excluding hydrogens is 618 g/mol. The first-order valence-corrected chi connectivity index (χ1v) is 19.9. The van der Waals surface area contributed by atoms with Gasteiger partial charge in [0.2, 0.25) is 5.91 Å². The number of likely N-dealkylation sites (N-methyl/N-ethyl adjacent to an activating group) is 1. The van der Waals surface area contributed by atoms with Crippen molar-refractivity contribution in [2.45, 2.75) is 155 Å². The van der Waals surface area contributed by atoms with E-state index in [-0.39, 0.29) is 45.9 Å². The van der Waals surface area contributed by atoms with E-state index in [0.717, 1.165) is 96.6 Å². The van der Waals surface area contributed by atoms with Crippen LogP contribution >= 0.6 is 0 Å². The molecule has 6 rings (SSSR count). The number of nitrogens with zero attached hydrogens (tertiary/aromatic N) is 2. The second kappa shape index (κ2) is 13.1. The summed E-state index contributed by atoms with van der Waals surface area (Å²) in [4.78, 5) is 43.1. The number of carboxylic acid groups (broad SMARTS) is 1. The molecule has 0 aromatic rings. The predicted molar refractivity (Wildman–Crippen MR) is 192 cm³/mol. The molecule has 4 unspecified atom stereocenters. The molecule has 5 saturated carbocycles. The van der Waals surface area contributed by atoms with Crippen LogP contribution in [0.5, 0.6) is 0 Å². The van der Waals surface area contributed by atoms with E-state index in [1.54, 1.807) is 13.8 Å². The first-order chi connectivity index (χ1) is 22.9. The van der Waals surface area contributed by atoms with Crippen LogP contribution in [0.15, 0.2) is 0 Å². The Morgan fingerprint density at radius 2 is 1.61 bits per heavy atom. The molecular formula is C40H66BFN2O5. The fourth-order valence-corrected chi connectivity index (χ4v) is 14.2. The Morgan fingerprint density at radius 1 is 0.918 bits per heavy atom. The number of rotatable bonds is 9. The zero-order valence-corrected chi connectivity index (χ0v) is 32.0. The number of carbonyl (C=O) groups is 3. The van der Waals surface area contributed by atoms with Crippen LogP contribution in [0.1, 0.15) is 131 Å². The second-order valence-electron chi connectivity index (χ2n) is 19.5. The number of aliphatic carboxylic acids is 1. The average molecular weight is 685 g/mol. The highest BCUT2D eigenvalue weighted by Gasteiger charge is 2.71. The predicted octanol–water partition coefficient (Wildman–Crippen LogP) is 8.13. The lowest BCUT2D eigenvalue weighted by Crippen LogP contribution is -2.64. The van der Waals surface area contributed by atoms with Gasteiger partial charge in [0.1, 0.15) is 6.10 Å². The standard InChI is InChI=1S/C40H66BFN2O5/c1-26-28-13-18-38(5)30(37(28,4)19-14-29(26)49-34(46)24-36(2,3)35(47)48)16-21-40(41(6)42)31(38)15-20-39(17-9-12-32(39)40)23-33(45)44-22-10-11-27(44)25-43(7)8/h26-32H,9-25H2,1-8H3,(H,47,48)/t26-,27-,28?,29+,30?,31?,32?,37+,38-,39-,40-/m1/s1. The summed E-state index contributed by atoms with van der Waals surface area (Å²) >= 11 is 0. The van der Waals surface area contributed by atoms with Crippen LogP contribution in [0.3, 0.4) is 0 Å². The minimum atomic E-state index is -1.15. The summed E-state index contributed by atoms with van der Waals surface area (Å²) in [7, 11) is 4.19. The molecule has 1 N–H and O–H groups in total. The molecule has 49 heavy (non-hydrogen) atoms. The van der Waals surface area contributed by atoms with E-state index in [1.165, 1.54) is 0 Å². The Bertz CT molecular complexity index is 1290. The van der Waals surface area contributed by atoms with E-state index in [2.05, 4.69) is 44.7 Å². The molecule has 6 fully saturated rings. The third kappa shape index (κ3) is 6.00. The van der Waals surface area contributed by atoms with Crippen molar-refractivity contribution in [3.8, 4) is 0 Å². The monoisotopic (exact) mass is 685 g/mol. The third-order valence-corrected chi connectivity index (χ3v) is 16.4. The highest BCUT2D eigenvalue weighted by atomic mass is 19.1. The molecule has 6 aliphatic rings. The summed E-state index contributed by atoms with van der Waals surface area (Å²) in [6.45, 7) is 13.2. The molecule has 0 bridgehead atoms. The smallest absolute Gasteiger partial charge is 0.352 e. The summed E-state index contributed by atoms with van der Waals surface area (Å²) in [5.41, 5.74) is -1.08. The zero-order chi connectivity index (χ0) is 35.7. The molecule has 0 aromatic carbocycles. The van der Waals surface area contributed by atoms with Gasteiger partial charge in [0.25, 0.3) is 0 Å². The first-order valence-electron chi connectivity index (χ1n) is 19.9. The highest BCUT2D eigenvalue weighted by Crippen LogP contribution is 2.79. The van der Waals surface area contributed by atoms with Crippen LogP contribution in [0.25, 0.3) is 0 Å². The molecule has 1 amide bonds. The maximum absolute atomic E-state index is 16.7. The van der Waals surface area contributed by atoms with Gasteiger partial charge in [0, 0.05) is 25.6 Å². The molecule has 7 nitrogen and oxygen atoms in total. The Balaban J connectivity index is 1.21. The Morgan fingerprint density at radius 3 is 2.29 bits per heavy atom. The fourth-order valence-electron chi connectivity index (χ4n) is 14.2. The van der Waals surface area contributed by atoms with Gasteiger partial charge in [-0.25, -0.2) is 0 Å². The lowest BCUT2D eigenvalue weighted by Gasteiger charge is -2.71. The molecule has 0 radical (unpaired) electrons. The summed E-state index contributed by atoms with van der Waals surface area (Å²) in [6.07, 6.45) is 13.7. The van der Waals surface area contributed by atoms with Gasteiger partial charge in [-0.2, -0.15) is 0 Å². The number of ether oxygens (including phenoxy) is 1. The number of carboxylic acids is 1. The molecule has 11 atom stereocenters. The number of esters is 1. The molecule has 0 aromatic heterocycles. The van der Waals surface area contributed by atoms with Gasteiger partial charge in [-0.05, 0) is 150 Å². The maximum Gasteiger partial charge on any atom is 0.352 e. The zero-order valence-electron chi connectivity index (χ0n) is 32.0. The molecule has 0 spiro atoms. The Kier molecular flexibility index (Phi) is 9.92. The van der Waals surface area contributed by atoms with Crippen molar-refractivity contribution in [3.05, 3.63) is 0 Å². The molecule has 1 heterocycles. The van der Waals surface area contributed by atoms with Crippen LogP contribution in [0, 0.1) is 51.2 Å². The van der Waals surface area contributed by atoms with Gasteiger partial charge in [0.05, 0.1) is 11.8 Å². The second-order valence-corrected chi connectivity index (χ2v) is 19.5. The van der Waals surface area contributed by atoms with E-state index < -0.39 is 24.3 Å². The SMILES string of the molecule is CB(F)[C@]12CCC3[C@@]4(C)CC[C@H](OC(=O)CC(C)(C)C(=O)O)[C@H](C)C4CC[C@@]3(C)C1CC[C@@]1(CC(=O)N3CCC[C@@H]3CN(C)C)CCCC12. The van der Waals surface area contributed by atoms with Gasteiger partial charge in [-0.3, -0.25) is 14.4 Å². The van der Waals surface area contributed by atoms with E-state index in [9.17, 15) is 19.5 Å². The number of halogens is 1. The number of amides is 1. The van der Waals surface area contributed by atoms with Gasteiger partial charge in [-0.1, -0.05) is 40.4 Å². The third-order valence-electron chi connectivity index (χ3n) is 16.4. The van der Waals surface area contributed by atoms with Crippen molar-refractivity contribution in [1.82, 2.24) is 9.80 Å². The Hall–Kier alpha value is -1.64. The maximum atomic E-state index is 16.7. The molecule has 5 aliphatic carbocycles. The van der Waals surface area contributed by atoms with E-state index in [0.29, 0.717) is 36.1 Å². The average Bonchev–Trinajstić information content (AvgIpc) is 3.65. The number of likely N-dealkylation sites (tertiary alicyclic amines) is 1. The molecule has 276 valence electrons. The lowest BCUT2D eigenvalue weighted by molar-refractivity contribution is -0.201. The van der Waals surface area contributed by atoms with Gasteiger partial charge in [-0.15, -0.1) is 0 Å². The van der Waals surface area contributed by atoms with Gasteiger partial charge >= 0.3 is 18.9 Å². The van der Waals surface area contributed by atoms with E-state index in [4.69, 9.17) is 4.74 Å². The number of hydrogen-bond acceptors (Lipinski definition) is 5. The summed E-state index contributed by atoms with van der Waals surface area (Å²) in [6, 6.07) is 0.298. The van der Waals surface area contributed by atoms with Crippen molar-refractivity contribution in [2.75, 3.05) is 27.2 Å². The van der Waals surface area contributed by atoms with Crippen LogP contribution in [0.4, 0.5) is 4.32 Å². The van der Waals surface area contributed by atoms with Crippen LogP contribution in [0.2, 0.25) is 12.1 Å². The molecule has 1 saturated heterocycles. The summed E-state index contributed by atoms with van der Waals surface area (Å²) < 4.78 is 22.8. The van der Waals surface area contributed by atoms with Crippen molar-refractivity contribution in [1.29, 1.82) is 0 Å². The number of carbonyl (C=O) groups excluding carboxylic acids is 2. The fraction of sp³-hybridized carbons (Fsp3) is 0.925. The van der Waals surface area contributed by atoms with Crippen LogP contribution < -0.4 is 0 Å². The van der Waals surface area contributed by atoms with Crippen molar-refractivity contribution in [2.24, 2.45) is 51.2 Å². The van der Waals surface area contributed by atoms with Crippen molar-refractivity contribution >= 4 is 24.8 Å². The molecule has 9 heteroatoms. The minimum Gasteiger partial charge on any atom is -0.481 e. The highest BCUT2D eigenvalue weighted by molar-refractivity contribution is 6.53. The topological polar surface area (TPSA) is 87.2 Å². The van der Waals surface area contributed by atoms with E-state index >= 15 is 4.32 Å². The summed E-state index contributed by atoms with van der Waals surface area (Å²) in [5.74, 6) is 0.628. The molecule has 1 aliphatic heterocycles. The normalized spacial score (nSPS) is 43.3. The van der Waals surface area contributed by atoms with Crippen LogP contribution in [-0.4, -0.2) is 79.1 Å². The largest absolute Gasteiger partial charge is 0.481 e. The first kappa shape index (κ1) is 37.1. The van der Waals surface area contributed by atoms with Crippen LogP contribution in [-0.2, 0) is 19.1 Å². The summed E-state index contributed by atoms with van der Waals surface area (Å²) in [5, 5.41) is 9.17. The van der Waals surface area contributed by atoms with Gasteiger partial charge < -0.3 is 24.0 Å². The number of hydrogen-bond donors (Lipinski definition) is 1. The van der Waals surface area contributed by atoms with Crippen molar-refractivity contribution < 1.29 is 28.5 Å².